The summed E-state index contributed by atoms with van der Waals surface area (Å²) in [5.41, 5.74) is -1.54. The number of carbonyl (C=O) groups excluding carboxylic acids is 1. The SMILES string of the molecule is COC(=O)c1cc([N+](=O)[O-])cn(-c2ccc(F)cc2)c1=O. The second-order valence-electron chi connectivity index (χ2n) is 4.01. The number of hydrogen-bond acceptors (Lipinski definition) is 5. The quantitative estimate of drug-likeness (QED) is 0.487. The van der Waals surface area contributed by atoms with Gasteiger partial charge in [-0.3, -0.25) is 19.5 Å². The molecule has 0 amide bonds. The van der Waals surface area contributed by atoms with Crippen LogP contribution in [0.4, 0.5) is 10.1 Å². The summed E-state index contributed by atoms with van der Waals surface area (Å²) >= 11 is 0. The van der Waals surface area contributed by atoms with Crippen molar-refractivity contribution in [2.75, 3.05) is 7.11 Å². The Balaban J connectivity index is 2.72. The zero-order valence-corrected chi connectivity index (χ0v) is 10.8. The lowest BCUT2D eigenvalue weighted by molar-refractivity contribution is -0.385. The minimum atomic E-state index is -0.987. The van der Waals surface area contributed by atoms with E-state index in [-0.39, 0.29) is 5.69 Å². The number of carbonyl (C=O) groups is 1. The summed E-state index contributed by atoms with van der Waals surface area (Å²) in [6, 6.07) is 5.56. The van der Waals surface area contributed by atoms with Gasteiger partial charge in [-0.1, -0.05) is 0 Å². The number of halogens is 1. The molecular weight excluding hydrogens is 283 g/mol. The molecule has 0 atom stereocenters. The van der Waals surface area contributed by atoms with Crippen LogP contribution in [0.1, 0.15) is 10.4 Å². The predicted octanol–water partition coefficient (Wildman–Crippen LogP) is 1.67. The van der Waals surface area contributed by atoms with Crippen molar-refractivity contribution in [3.8, 4) is 5.69 Å². The van der Waals surface area contributed by atoms with Crippen LogP contribution < -0.4 is 5.56 Å². The van der Waals surface area contributed by atoms with Crippen molar-refractivity contribution < 1.29 is 18.8 Å². The number of rotatable bonds is 3. The third-order valence-electron chi connectivity index (χ3n) is 2.72. The molecule has 0 saturated heterocycles. The Labute approximate surface area is 117 Å². The molecule has 21 heavy (non-hydrogen) atoms. The van der Waals surface area contributed by atoms with E-state index in [4.69, 9.17) is 0 Å². The van der Waals surface area contributed by atoms with E-state index in [2.05, 4.69) is 4.74 Å². The molecule has 1 heterocycles. The van der Waals surface area contributed by atoms with Gasteiger partial charge in [0.15, 0.2) is 0 Å². The third kappa shape index (κ3) is 2.78. The fraction of sp³-hybridized carbons (Fsp3) is 0.0769. The number of benzene rings is 1. The molecule has 0 radical (unpaired) electrons. The Morgan fingerprint density at radius 3 is 2.48 bits per heavy atom. The van der Waals surface area contributed by atoms with Crippen LogP contribution in [0, 0.1) is 15.9 Å². The van der Waals surface area contributed by atoms with Crippen molar-refractivity contribution in [1.29, 1.82) is 0 Å². The maximum Gasteiger partial charge on any atom is 0.343 e. The Kier molecular flexibility index (Phi) is 3.79. The third-order valence-corrected chi connectivity index (χ3v) is 2.72. The normalized spacial score (nSPS) is 10.2. The standard InChI is InChI=1S/C13H9FN2O5/c1-21-13(18)11-6-10(16(19)20)7-15(12(11)17)9-4-2-8(14)3-5-9/h2-7H,1H3. The maximum absolute atomic E-state index is 12.9. The largest absolute Gasteiger partial charge is 0.465 e. The van der Waals surface area contributed by atoms with E-state index in [0.29, 0.717) is 0 Å². The molecule has 108 valence electrons. The second-order valence-corrected chi connectivity index (χ2v) is 4.01. The summed E-state index contributed by atoms with van der Waals surface area (Å²) in [4.78, 5) is 33.9. The molecule has 0 aliphatic rings. The Hall–Kier alpha value is -3.03. The van der Waals surface area contributed by atoms with Crippen LogP contribution in [0.2, 0.25) is 0 Å². The Bertz CT molecular complexity index is 767. The highest BCUT2D eigenvalue weighted by atomic mass is 19.1. The van der Waals surface area contributed by atoms with E-state index in [9.17, 15) is 24.1 Å². The first-order valence-electron chi connectivity index (χ1n) is 5.69. The molecular formula is C13H9FN2O5. The van der Waals surface area contributed by atoms with Gasteiger partial charge in [-0.25, -0.2) is 9.18 Å². The molecule has 1 aromatic heterocycles. The van der Waals surface area contributed by atoms with Crippen LogP contribution in [-0.2, 0) is 4.74 Å². The number of nitrogens with zero attached hydrogens (tertiary/aromatic N) is 2. The minimum Gasteiger partial charge on any atom is -0.465 e. The minimum absolute atomic E-state index is 0.190. The molecule has 0 bridgehead atoms. The lowest BCUT2D eigenvalue weighted by atomic mass is 10.2. The van der Waals surface area contributed by atoms with Gasteiger partial charge in [-0.05, 0) is 24.3 Å². The molecule has 0 aliphatic carbocycles. The van der Waals surface area contributed by atoms with Crippen LogP contribution in [0.5, 0.6) is 0 Å². The summed E-state index contributed by atoms with van der Waals surface area (Å²) in [7, 11) is 1.06. The topological polar surface area (TPSA) is 91.4 Å². The van der Waals surface area contributed by atoms with Gasteiger partial charge < -0.3 is 4.74 Å². The van der Waals surface area contributed by atoms with Gasteiger partial charge >= 0.3 is 5.97 Å². The summed E-state index contributed by atoms with van der Waals surface area (Å²) in [6.07, 6.45) is 0.960. The number of esters is 1. The smallest absolute Gasteiger partial charge is 0.343 e. The summed E-state index contributed by atoms with van der Waals surface area (Å²) < 4.78 is 18.2. The van der Waals surface area contributed by atoms with Gasteiger partial charge in [-0.15, -0.1) is 0 Å². The van der Waals surface area contributed by atoms with Crippen LogP contribution >= 0.6 is 0 Å². The van der Waals surface area contributed by atoms with E-state index in [1.54, 1.807) is 0 Å². The highest BCUT2D eigenvalue weighted by Crippen LogP contribution is 2.15. The molecule has 0 spiro atoms. The first kappa shape index (κ1) is 14.4. The Morgan fingerprint density at radius 2 is 1.95 bits per heavy atom. The van der Waals surface area contributed by atoms with Crippen LogP contribution in [0.15, 0.2) is 41.3 Å². The van der Waals surface area contributed by atoms with E-state index in [1.165, 1.54) is 12.1 Å². The predicted molar refractivity (Wildman–Crippen MR) is 70.0 cm³/mol. The van der Waals surface area contributed by atoms with E-state index in [0.717, 1.165) is 36.1 Å². The summed E-state index contributed by atoms with van der Waals surface area (Å²) in [6.45, 7) is 0. The van der Waals surface area contributed by atoms with Gasteiger partial charge in [-0.2, -0.15) is 0 Å². The van der Waals surface area contributed by atoms with Gasteiger partial charge in [0.1, 0.15) is 11.4 Å². The number of aromatic nitrogens is 1. The molecule has 0 saturated carbocycles. The lowest BCUT2D eigenvalue weighted by Gasteiger charge is -2.07. The second kappa shape index (κ2) is 5.53. The number of nitro groups is 1. The number of hydrogen-bond donors (Lipinski definition) is 0. The average molecular weight is 292 g/mol. The fourth-order valence-corrected chi connectivity index (χ4v) is 1.72. The summed E-state index contributed by atoms with van der Waals surface area (Å²) in [5.74, 6) is -1.51. The van der Waals surface area contributed by atoms with E-state index >= 15 is 0 Å². The number of pyridine rings is 1. The van der Waals surface area contributed by atoms with Crippen LogP contribution in [-0.4, -0.2) is 22.6 Å². The van der Waals surface area contributed by atoms with Gasteiger partial charge in [0.2, 0.25) is 0 Å². The van der Waals surface area contributed by atoms with Gasteiger partial charge in [0.25, 0.3) is 11.2 Å². The first-order valence-corrected chi connectivity index (χ1v) is 5.69. The van der Waals surface area contributed by atoms with Crippen molar-refractivity contribution in [3.05, 3.63) is 68.4 Å². The van der Waals surface area contributed by atoms with Crippen LogP contribution in [0.25, 0.3) is 5.69 Å². The molecule has 2 aromatic rings. The zero-order chi connectivity index (χ0) is 15.6. The lowest BCUT2D eigenvalue weighted by Crippen LogP contribution is -2.26. The van der Waals surface area contributed by atoms with Gasteiger partial charge in [0.05, 0.1) is 18.2 Å². The van der Waals surface area contributed by atoms with Crippen molar-refractivity contribution in [2.45, 2.75) is 0 Å². The molecule has 0 N–H and O–H groups in total. The molecule has 0 aliphatic heterocycles. The Morgan fingerprint density at radius 1 is 1.33 bits per heavy atom. The highest BCUT2D eigenvalue weighted by molar-refractivity contribution is 5.89. The molecule has 1 aromatic carbocycles. The van der Waals surface area contributed by atoms with Gasteiger partial charge in [0, 0.05) is 11.8 Å². The monoisotopic (exact) mass is 292 g/mol. The molecule has 0 unspecified atom stereocenters. The molecule has 0 fully saturated rings. The first-order chi connectivity index (χ1) is 9.93. The summed E-state index contributed by atoms with van der Waals surface area (Å²) in [5, 5.41) is 10.9. The van der Waals surface area contributed by atoms with E-state index < -0.39 is 33.5 Å². The zero-order valence-electron chi connectivity index (χ0n) is 10.8. The molecule has 8 heteroatoms. The number of methoxy groups -OCH3 is 1. The van der Waals surface area contributed by atoms with E-state index in [1.807, 2.05) is 0 Å². The van der Waals surface area contributed by atoms with Crippen molar-refractivity contribution in [1.82, 2.24) is 4.57 Å². The van der Waals surface area contributed by atoms with Crippen LogP contribution in [0.3, 0.4) is 0 Å². The molecule has 7 nitrogen and oxygen atoms in total. The van der Waals surface area contributed by atoms with Crippen molar-refractivity contribution >= 4 is 11.7 Å². The van der Waals surface area contributed by atoms with Crippen molar-refractivity contribution in [2.24, 2.45) is 0 Å². The maximum atomic E-state index is 12.9. The van der Waals surface area contributed by atoms with Crippen molar-refractivity contribution in [3.63, 3.8) is 0 Å². The fourth-order valence-electron chi connectivity index (χ4n) is 1.72. The average Bonchev–Trinajstić information content (AvgIpc) is 2.47. The number of ether oxygens (including phenoxy) is 1. The highest BCUT2D eigenvalue weighted by Gasteiger charge is 2.20. The molecule has 2 rings (SSSR count).